The van der Waals surface area contributed by atoms with E-state index in [-0.39, 0.29) is 30.2 Å². The number of carbonyl (C=O) groups excluding carboxylic acids is 1. The van der Waals surface area contributed by atoms with Gasteiger partial charge in [-0.15, -0.1) is 22.7 Å². The average Bonchev–Trinajstić information content (AvgIpc) is 3.53. The van der Waals surface area contributed by atoms with Crippen LogP contribution in [0.4, 0.5) is 4.39 Å². The van der Waals surface area contributed by atoms with Crippen molar-refractivity contribution < 1.29 is 13.9 Å². The van der Waals surface area contributed by atoms with Crippen molar-refractivity contribution in [2.75, 3.05) is 6.61 Å². The third kappa shape index (κ3) is 4.07. The van der Waals surface area contributed by atoms with Gasteiger partial charge in [-0.2, -0.15) is 5.10 Å². The Morgan fingerprint density at radius 2 is 2.00 bits per heavy atom. The Bertz CT molecular complexity index is 1120. The van der Waals surface area contributed by atoms with Crippen LogP contribution in [0.3, 0.4) is 0 Å². The number of allylic oxidation sites excluding steroid dienone is 1. The number of amides is 1. The fourth-order valence-corrected chi connectivity index (χ4v) is 5.81. The second-order valence-electron chi connectivity index (χ2n) is 7.59. The second-order valence-corrected chi connectivity index (χ2v) is 9.55. The van der Waals surface area contributed by atoms with Gasteiger partial charge in [0.15, 0.2) is 18.2 Å². The van der Waals surface area contributed by atoms with E-state index in [4.69, 9.17) is 9.84 Å². The van der Waals surface area contributed by atoms with Gasteiger partial charge < -0.3 is 4.74 Å². The Labute approximate surface area is 188 Å². The predicted octanol–water partition coefficient (Wildman–Crippen LogP) is 6.15. The van der Waals surface area contributed by atoms with Crippen LogP contribution < -0.4 is 4.74 Å². The first-order chi connectivity index (χ1) is 15.2. The van der Waals surface area contributed by atoms with Crippen molar-refractivity contribution in [2.24, 2.45) is 11.0 Å². The molecule has 0 radical (unpaired) electrons. The highest BCUT2D eigenvalue weighted by Crippen LogP contribution is 2.45. The lowest BCUT2D eigenvalue weighted by Gasteiger charge is -2.28. The number of para-hydroxylation sites is 1. The zero-order valence-corrected chi connectivity index (χ0v) is 18.4. The second kappa shape index (κ2) is 8.77. The van der Waals surface area contributed by atoms with E-state index in [1.54, 1.807) is 39.8 Å². The minimum atomic E-state index is -0.479. The minimum Gasteiger partial charge on any atom is -0.481 e. The molecular weight excluding hydrogens is 431 g/mol. The number of rotatable bonds is 5. The van der Waals surface area contributed by atoms with E-state index in [2.05, 4.69) is 23.6 Å². The van der Waals surface area contributed by atoms with Gasteiger partial charge >= 0.3 is 0 Å². The van der Waals surface area contributed by atoms with Crippen molar-refractivity contribution >= 4 is 40.4 Å². The molecule has 3 heterocycles. The Balaban J connectivity index is 1.44. The number of hydrogen-bond acceptors (Lipinski definition) is 5. The van der Waals surface area contributed by atoms with E-state index in [1.165, 1.54) is 22.6 Å². The van der Waals surface area contributed by atoms with Crippen LogP contribution >= 0.6 is 22.7 Å². The molecule has 1 fully saturated rings. The molecule has 1 saturated carbocycles. The van der Waals surface area contributed by atoms with Gasteiger partial charge in [0.25, 0.3) is 5.91 Å². The summed E-state index contributed by atoms with van der Waals surface area (Å²) < 4.78 is 19.4. The molecule has 2 atom stereocenters. The summed E-state index contributed by atoms with van der Waals surface area (Å²) >= 11 is 3.33. The topological polar surface area (TPSA) is 41.9 Å². The number of ether oxygens (including phenoxy) is 1. The number of benzene rings is 1. The van der Waals surface area contributed by atoms with Crippen molar-refractivity contribution in [3.63, 3.8) is 0 Å². The van der Waals surface area contributed by atoms with Crippen molar-refractivity contribution in [2.45, 2.75) is 25.3 Å². The molecule has 0 N–H and O–H groups in total. The zero-order chi connectivity index (χ0) is 21.2. The van der Waals surface area contributed by atoms with Crippen LogP contribution in [0, 0.1) is 11.7 Å². The van der Waals surface area contributed by atoms with E-state index >= 15 is 0 Å². The number of thiophene rings is 2. The lowest BCUT2D eigenvalue weighted by atomic mass is 9.79. The van der Waals surface area contributed by atoms with Crippen LogP contribution in [-0.4, -0.2) is 23.2 Å². The molecule has 4 nitrogen and oxygen atoms in total. The largest absolute Gasteiger partial charge is 0.481 e. The monoisotopic (exact) mass is 452 g/mol. The molecule has 2 aliphatic rings. The van der Waals surface area contributed by atoms with Gasteiger partial charge in [0.2, 0.25) is 0 Å². The molecule has 0 unspecified atom stereocenters. The smallest absolute Gasteiger partial charge is 0.281 e. The molecule has 1 aliphatic heterocycles. The fourth-order valence-electron chi connectivity index (χ4n) is 4.26. The molecular formula is C24H21FN2O2S2. The van der Waals surface area contributed by atoms with Crippen LogP contribution in [-0.2, 0) is 4.79 Å². The number of hydrogen-bond donors (Lipinski definition) is 0. The molecule has 2 aromatic heterocycles. The van der Waals surface area contributed by atoms with Gasteiger partial charge in [-0.3, -0.25) is 4.79 Å². The Hall–Kier alpha value is -2.77. The molecule has 0 saturated heterocycles. The lowest BCUT2D eigenvalue weighted by Crippen LogP contribution is -2.34. The highest BCUT2D eigenvalue weighted by atomic mass is 32.1. The van der Waals surface area contributed by atoms with Crippen LogP contribution in [0.1, 0.15) is 35.1 Å². The van der Waals surface area contributed by atoms with E-state index in [0.717, 1.165) is 29.9 Å². The van der Waals surface area contributed by atoms with Crippen molar-refractivity contribution in [3.05, 3.63) is 80.4 Å². The highest BCUT2D eigenvalue weighted by molar-refractivity contribution is 7.11. The summed E-state index contributed by atoms with van der Waals surface area (Å²) in [6.45, 7) is -0.254. The minimum absolute atomic E-state index is 0.0751. The Kier molecular flexibility index (Phi) is 5.70. The van der Waals surface area contributed by atoms with Gasteiger partial charge in [-0.05, 0) is 65.9 Å². The summed E-state index contributed by atoms with van der Waals surface area (Å²) in [5, 5.41) is 10.5. The third-order valence-corrected chi connectivity index (χ3v) is 7.40. The van der Waals surface area contributed by atoms with Gasteiger partial charge in [0.05, 0.1) is 11.8 Å². The van der Waals surface area contributed by atoms with E-state index in [0.29, 0.717) is 0 Å². The number of fused-ring (bicyclic) bond motifs is 1. The molecule has 1 aromatic carbocycles. The van der Waals surface area contributed by atoms with Gasteiger partial charge in [-0.25, -0.2) is 9.40 Å². The molecule has 3 aromatic rings. The number of carbonyl (C=O) groups is 1. The molecule has 0 bridgehead atoms. The summed E-state index contributed by atoms with van der Waals surface area (Å²) in [6, 6.07) is 14.2. The fraction of sp³-hybridized carbons (Fsp3) is 0.250. The quantitative estimate of drug-likeness (QED) is 0.466. The third-order valence-electron chi connectivity index (χ3n) is 5.64. The summed E-state index contributed by atoms with van der Waals surface area (Å²) in [6.07, 6.45) is 5.21. The van der Waals surface area contributed by atoms with E-state index in [9.17, 15) is 9.18 Å². The maximum atomic E-state index is 13.9. The lowest BCUT2D eigenvalue weighted by molar-refractivity contribution is -0.135. The summed E-state index contributed by atoms with van der Waals surface area (Å²) in [4.78, 5) is 15.5. The summed E-state index contributed by atoms with van der Waals surface area (Å²) in [5.41, 5.74) is 2.20. The number of nitrogens with zero attached hydrogens (tertiary/aromatic N) is 2. The van der Waals surface area contributed by atoms with Crippen LogP contribution in [0.2, 0.25) is 0 Å². The first kappa shape index (κ1) is 20.2. The zero-order valence-electron chi connectivity index (χ0n) is 16.7. The molecule has 31 heavy (non-hydrogen) atoms. The maximum Gasteiger partial charge on any atom is 0.281 e. The normalized spacial score (nSPS) is 21.8. The van der Waals surface area contributed by atoms with Gasteiger partial charge in [0, 0.05) is 15.7 Å². The Morgan fingerprint density at radius 1 is 1.16 bits per heavy atom. The van der Waals surface area contributed by atoms with Crippen LogP contribution in [0.15, 0.2) is 70.0 Å². The number of hydrazone groups is 1. The van der Waals surface area contributed by atoms with Crippen LogP contribution in [0.25, 0.3) is 6.08 Å². The predicted molar refractivity (Wildman–Crippen MR) is 123 cm³/mol. The van der Waals surface area contributed by atoms with E-state index in [1.807, 2.05) is 17.5 Å². The van der Waals surface area contributed by atoms with Crippen LogP contribution in [0.5, 0.6) is 5.75 Å². The molecule has 1 amide bonds. The first-order valence-corrected chi connectivity index (χ1v) is 12.0. The SMILES string of the molecule is O=C(COc1ccccc1F)N1N=C2/C(=C/c3cccs3)CCC[C@H]2[C@@H]1c1cccs1. The first-order valence-electron chi connectivity index (χ1n) is 10.3. The Morgan fingerprint density at radius 3 is 2.77 bits per heavy atom. The summed E-state index contributed by atoms with van der Waals surface area (Å²) in [7, 11) is 0. The molecule has 5 rings (SSSR count). The number of halogens is 1. The molecule has 0 spiro atoms. The standard InChI is InChI=1S/C24H21FN2O2S2/c25-19-9-1-2-10-20(19)29-15-22(28)27-24(21-11-5-13-31-21)18-8-3-6-16(23(18)26-27)14-17-7-4-12-30-17/h1-2,4-5,7,9-14,18,24H,3,6,8,15H2/b16-14+/t18-,24-/m1/s1. The molecule has 7 heteroatoms. The summed E-state index contributed by atoms with van der Waals surface area (Å²) in [5.74, 6) is -0.506. The van der Waals surface area contributed by atoms with Gasteiger partial charge in [-0.1, -0.05) is 24.3 Å². The maximum absolute atomic E-state index is 13.9. The highest BCUT2D eigenvalue weighted by Gasteiger charge is 2.44. The van der Waals surface area contributed by atoms with Crippen molar-refractivity contribution in [1.29, 1.82) is 0 Å². The van der Waals surface area contributed by atoms with Crippen molar-refractivity contribution in [1.82, 2.24) is 5.01 Å². The molecule has 1 aliphatic carbocycles. The molecule has 158 valence electrons. The van der Waals surface area contributed by atoms with E-state index < -0.39 is 5.82 Å². The average molecular weight is 453 g/mol. The van der Waals surface area contributed by atoms with Crippen molar-refractivity contribution in [3.8, 4) is 5.75 Å². The van der Waals surface area contributed by atoms with Gasteiger partial charge in [0.1, 0.15) is 0 Å².